The van der Waals surface area contributed by atoms with Crippen molar-refractivity contribution in [1.82, 2.24) is 10.0 Å². The summed E-state index contributed by atoms with van der Waals surface area (Å²) in [5, 5.41) is 3.06. The van der Waals surface area contributed by atoms with E-state index in [-0.39, 0.29) is 16.8 Å². The molecular weight excluding hydrogens is 460 g/mol. The predicted octanol–water partition coefficient (Wildman–Crippen LogP) is 4.97. The van der Waals surface area contributed by atoms with Gasteiger partial charge in [-0.2, -0.15) is 4.72 Å². The third-order valence-corrected chi connectivity index (χ3v) is 7.75. The van der Waals surface area contributed by atoms with Crippen LogP contribution in [-0.2, 0) is 14.8 Å². The zero-order valence-electron chi connectivity index (χ0n) is 19.9. The highest BCUT2D eigenvalue weighted by Crippen LogP contribution is 2.25. The molecule has 7 heteroatoms. The first kappa shape index (κ1) is 24.9. The molecule has 0 aromatic heterocycles. The number of ether oxygens (including phenoxy) is 1. The Kier molecular flexibility index (Phi) is 8.21. The van der Waals surface area contributed by atoms with Crippen LogP contribution >= 0.6 is 0 Å². The summed E-state index contributed by atoms with van der Waals surface area (Å²) in [6.07, 6.45) is 4.84. The lowest BCUT2D eigenvalue weighted by Gasteiger charge is -2.24. The normalized spacial score (nSPS) is 15.5. The van der Waals surface area contributed by atoms with Crippen molar-refractivity contribution in [3.05, 3.63) is 96.1 Å². The van der Waals surface area contributed by atoms with E-state index >= 15 is 0 Å². The van der Waals surface area contributed by atoms with Crippen molar-refractivity contribution in [3.63, 3.8) is 0 Å². The quantitative estimate of drug-likeness (QED) is 0.442. The topological polar surface area (TPSA) is 84.5 Å². The van der Waals surface area contributed by atoms with E-state index < -0.39 is 22.2 Å². The number of rotatable bonds is 9. The van der Waals surface area contributed by atoms with Gasteiger partial charge in [0.05, 0.1) is 10.9 Å². The first-order valence-corrected chi connectivity index (χ1v) is 13.6. The molecule has 184 valence electrons. The Morgan fingerprint density at radius 2 is 1.37 bits per heavy atom. The van der Waals surface area contributed by atoms with Gasteiger partial charge in [-0.15, -0.1) is 0 Å². The van der Waals surface area contributed by atoms with Crippen molar-refractivity contribution in [2.75, 3.05) is 0 Å². The fourth-order valence-corrected chi connectivity index (χ4v) is 5.58. The van der Waals surface area contributed by atoms with Crippen LogP contribution in [0.15, 0.2) is 89.8 Å². The third kappa shape index (κ3) is 6.71. The minimum Gasteiger partial charge on any atom is -0.481 e. The molecule has 1 atom stereocenters. The summed E-state index contributed by atoms with van der Waals surface area (Å²) in [6, 6.07) is 24.8. The van der Waals surface area contributed by atoms with Gasteiger partial charge in [-0.25, -0.2) is 8.42 Å². The van der Waals surface area contributed by atoms with Crippen LogP contribution in [0.2, 0.25) is 0 Å². The molecule has 1 amide bonds. The van der Waals surface area contributed by atoms with E-state index in [4.69, 9.17) is 4.74 Å². The van der Waals surface area contributed by atoms with Crippen molar-refractivity contribution in [3.8, 4) is 5.75 Å². The van der Waals surface area contributed by atoms with Gasteiger partial charge < -0.3 is 10.1 Å². The van der Waals surface area contributed by atoms with Crippen LogP contribution in [0.5, 0.6) is 5.75 Å². The van der Waals surface area contributed by atoms with Gasteiger partial charge in [0.15, 0.2) is 6.10 Å². The summed E-state index contributed by atoms with van der Waals surface area (Å²) in [7, 11) is -3.82. The van der Waals surface area contributed by atoms with E-state index in [1.54, 1.807) is 19.1 Å². The maximum Gasteiger partial charge on any atom is 0.260 e. The van der Waals surface area contributed by atoms with Crippen LogP contribution in [-0.4, -0.2) is 26.5 Å². The largest absolute Gasteiger partial charge is 0.481 e. The average molecular weight is 493 g/mol. The van der Waals surface area contributed by atoms with Crippen molar-refractivity contribution in [2.45, 2.75) is 62.1 Å². The molecule has 3 aromatic carbocycles. The van der Waals surface area contributed by atoms with E-state index in [1.165, 1.54) is 18.6 Å². The summed E-state index contributed by atoms with van der Waals surface area (Å²) in [5.74, 6) is 0.293. The van der Waals surface area contributed by atoms with Gasteiger partial charge in [-0.3, -0.25) is 4.79 Å². The first-order chi connectivity index (χ1) is 16.9. The fraction of sp³-hybridized carbons (Fsp3) is 0.321. The second-order valence-electron chi connectivity index (χ2n) is 8.95. The molecule has 0 saturated heterocycles. The molecule has 0 aliphatic heterocycles. The minimum atomic E-state index is -3.82. The number of hydrogen-bond donors (Lipinski definition) is 2. The fourth-order valence-electron chi connectivity index (χ4n) is 4.36. The highest BCUT2D eigenvalue weighted by atomic mass is 32.2. The zero-order valence-corrected chi connectivity index (χ0v) is 20.7. The van der Waals surface area contributed by atoms with Crippen LogP contribution in [0.4, 0.5) is 0 Å². The second-order valence-corrected chi connectivity index (χ2v) is 10.7. The molecule has 1 saturated carbocycles. The van der Waals surface area contributed by atoms with E-state index in [0.29, 0.717) is 5.75 Å². The number of amides is 1. The highest BCUT2D eigenvalue weighted by molar-refractivity contribution is 7.89. The van der Waals surface area contributed by atoms with Gasteiger partial charge in [0.2, 0.25) is 10.0 Å². The van der Waals surface area contributed by atoms with E-state index in [9.17, 15) is 13.2 Å². The molecule has 0 spiro atoms. The van der Waals surface area contributed by atoms with Gasteiger partial charge in [0, 0.05) is 6.04 Å². The average Bonchev–Trinajstić information content (AvgIpc) is 2.89. The van der Waals surface area contributed by atoms with Crippen LogP contribution in [0.3, 0.4) is 0 Å². The Hall–Kier alpha value is -3.16. The van der Waals surface area contributed by atoms with Gasteiger partial charge in [-0.1, -0.05) is 79.9 Å². The van der Waals surface area contributed by atoms with Crippen molar-refractivity contribution < 1.29 is 17.9 Å². The monoisotopic (exact) mass is 492 g/mol. The highest BCUT2D eigenvalue weighted by Gasteiger charge is 2.24. The summed E-state index contributed by atoms with van der Waals surface area (Å²) >= 11 is 0. The van der Waals surface area contributed by atoms with Gasteiger partial charge >= 0.3 is 0 Å². The van der Waals surface area contributed by atoms with Crippen LogP contribution < -0.4 is 14.8 Å². The Bertz CT molecular complexity index is 1150. The number of hydrogen-bond acceptors (Lipinski definition) is 4. The number of benzene rings is 3. The molecule has 1 aliphatic carbocycles. The zero-order chi connectivity index (χ0) is 24.7. The number of nitrogens with one attached hydrogen (secondary N) is 2. The van der Waals surface area contributed by atoms with Crippen molar-refractivity contribution >= 4 is 15.9 Å². The molecule has 3 aromatic rings. The molecule has 0 unspecified atom stereocenters. The summed E-state index contributed by atoms with van der Waals surface area (Å²) in [4.78, 5) is 12.6. The van der Waals surface area contributed by atoms with Crippen LogP contribution in [0, 0.1) is 0 Å². The van der Waals surface area contributed by atoms with E-state index in [2.05, 4.69) is 10.0 Å². The van der Waals surface area contributed by atoms with Crippen molar-refractivity contribution in [1.29, 1.82) is 0 Å². The summed E-state index contributed by atoms with van der Waals surface area (Å²) in [6.45, 7) is 1.70. The number of sulfonamides is 1. The Labute approximate surface area is 207 Å². The lowest BCUT2D eigenvalue weighted by Crippen LogP contribution is -2.43. The molecular formula is C28H32N2O4S. The molecule has 0 bridgehead atoms. The Morgan fingerprint density at radius 1 is 0.829 bits per heavy atom. The summed E-state index contributed by atoms with van der Waals surface area (Å²) < 4.78 is 35.1. The Balaban J connectivity index is 1.44. The lowest BCUT2D eigenvalue weighted by atomic mass is 9.95. The maximum atomic E-state index is 13.2. The van der Waals surface area contributed by atoms with Crippen LogP contribution in [0.25, 0.3) is 0 Å². The first-order valence-electron chi connectivity index (χ1n) is 12.1. The molecule has 0 radical (unpaired) electrons. The van der Waals surface area contributed by atoms with Crippen molar-refractivity contribution in [2.24, 2.45) is 0 Å². The maximum absolute atomic E-state index is 13.2. The summed E-state index contributed by atoms with van der Waals surface area (Å²) in [5.41, 5.74) is 1.69. The van der Waals surface area contributed by atoms with E-state index in [1.807, 2.05) is 60.7 Å². The Morgan fingerprint density at radius 3 is 1.91 bits per heavy atom. The second kappa shape index (κ2) is 11.5. The number of carbonyl (C=O) groups excluding carboxylic acids is 1. The SMILES string of the molecule is C[C@@H](Oc1ccc(S(=O)(=O)NC(c2ccccc2)c2ccccc2)cc1)C(=O)NC1CCCCC1. The molecule has 35 heavy (non-hydrogen) atoms. The van der Waals surface area contributed by atoms with Gasteiger partial charge in [0.25, 0.3) is 5.91 Å². The lowest BCUT2D eigenvalue weighted by molar-refractivity contribution is -0.128. The van der Waals surface area contributed by atoms with Gasteiger partial charge in [-0.05, 0) is 55.2 Å². The third-order valence-electron chi connectivity index (χ3n) is 6.31. The minimum absolute atomic E-state index is 0.126. The number of carbonyl (C=O) groups is 1. The predicted molar refractivity (Wildman–Crippen MR) is 137 cm³/mol. The molecule has 2 N–H and O–H groups in total. The van der Waals surface area contributed by atoms with Gasteiger partial charge in [0.1, 0.15) is 5.75 Å². The molecule has 6 nitrogen and oxygen atoms in total. The molecule has 1 fully saturated rings. The molecule has 0 heterocycles. The standard InChI is InChI=1S/C28H32N2O4S/c1-21(28(31)29-24-15-9-4-10-16-24)34-25-17-19-26(20-18-25)35(32,33)30-27(22-11-5-2-6-12-22)23-13-7-3-8-14-23/h2-3,5-8,11-14,17-21,24,27,30H,4,9-10,15-16H2,1H3,(H,29,31)/t21-/m1/s1. The molecule has 4 rings (SSSR count). The van der Waals surface area contributed by atoms with E-state index in [0.717, 1.165) is 36.8 Å². The molecule has 1 aliphatic rings. The van der Waals surface area contributed by atoms with Crippen LogP contribution in [0.1, 0.15) is 56.2 Å². The smallest absolute Gasteiger partial charge is 0.260 e.